The Balaban J connectivity index is 1.96. The van der Waals surface area contributed by atoms with Crippen LogP contribution in [0.5, 0.6) is 0 Å². The summed E-state index contributed by atoms with van der Waals surface area (Å²) < 4.78 is 39.8. The molecule has 140 valence electrons. The molecule has 1 aromatic carbocycles. The zero-order chi connectivity index (χ0) is 18.9. The van der Waals surface area contributed by atoms with Gasteiger partial charge in [-0.2, -0.15) is 18.2 Å². The molecular weight excluding hydrogens is 365 g/mol. The number of alkyl halides is 3. The molecule has 0 bridgehead atoms. The summed E-state index contributed by atoms with van der Waals surface area (Å²) >= 11 is 6.14. The van der Waals surface area contributed by atoms with Gasteiger partial charge in [0.15, 0.2) is 5.69 Å². The standard InChI is InChI=1S/C18H20ClF3N4/c1-10-7-8-13(19)11(2)16(10)25-15-9-14(18(20,21)22)24-17(26-15)23-12-5-3-4-6-12/h7-9,12H,3-6H2,1-2H3,(H2,23,24,25,26). The Kier molecular flexibility index (Phi) is 5.27. The molecule has 0 radical (unpaired) electrons. The summed E-state index contributed by atoms with van der Waals surface area (Å²) in [5, 5.41) is 6.55. The highest BCUT2D eigenvalue weighted by molar-refractivity contribution is 6.31. The van der Waals surface area contributed by atoms with Gasteiger partial charge in [0.05, 0.1) is 0 Å². The number of hydrogen-bond acceptors (Lipinski definition) is 4. The van der Waals surface area contributed by atoms with E-state index in [2.05, 4.69) is 20.6 Å². The molecule has 8 heteroatoms. The van der Waals surface area contributed by atoms with Crippen molar-refractivity contribution >= 4 is 29.1 Å². The number of hydrogen-bond donors (Lipinski definition) is 2. The first kappa shape index (κ1) is 18.8. The molecule has 0 atom stereocenters. The van der Waals surface area contributed by atoms with E-state index in [-0.39, 0.29) is 17.8 Å². The number of aryl methyl sites for hydroxylation is 1. The van der Waals surface area contributed by atoms with Crippen LogP contribution in [0.4, 0.5) is 30.6 Å². The van der Waals surface area contributed by atoms with Crippen LogP contribution in [0.15, 0.2) is 18.2 Å². The summed E-state index contributed by atoms with van der Waals surface area (Å²) in [7, 11) is 0. The number of anilines is 3. The van der Waals surface area contributed by atoms with Crippen molar-refractivity contribution in [1.82, 2.24) is 9.97 Å². The maximum Gasteiger partial charge on any atom is 0.433 e. The summed E-state index contributed by atoms with van der Waals surface area (Å²) in [6, 6.07) is 4.59. The largest absolute Gasteiger partial charge is 0.433 e. The molecule has 1 aliphatic carbocycles. The summed E-state index contributed by atoms with van der Waals surface area (Å²) in [4.78, 5) is 7.90. The van der Waals surface area contributed by atoms with Crippen molar-refractivity contribution in [2.24, 2.45) is 0 Å². The van der Waals surface area contributed by atoms with Crippen LogP contribution in [0.2, 0.25) is 5.02 Å². The molecule has 0 amide bonds. The van der Waals surface area contributed by atoms with Gasteiger partial charge in [-0.3, -0.25) is 0 Å². The van der Waals surface area contributed by atoms with Gasteiger partial charge in [-0.1, -0.05) is 30.5 Å². The van der Waals surface area contributed by atoms with Gasteiger partial charge in [0.1, 0.15) is 5.82 Å². The Morgan fingerprint density at radius 3 is 2.46 bits per heavy atom. The predicted molar refractivity (Wildman–Crippen MR) is 97.1 cm³/mol. The zero-order valence-electron chi connectivity index (χ0n) is 14.5. The lowest BCUT2D eigenvalue weighted by molar-refractivity contribution is -0.141. The van der Waals surface area contributed by atoms with Crippen molar-refractivity contribution in [3.8, 4) is 0 Å². The molecule has 1 saturated carbocycles. The maximum absolute atomic E-state index is 13.3. The minimum absolute atomic E-state index is 0.00782. The van der Waals surface area contributed by atoms with Crippen LogP contribution in [0.25, 0.3) is 0 Å². The third-order valence-corrected chi connectivity index (χ3v) is 4.97. The van der Waals surface area contributed by atoms with E-state index in [1.165, 1.54) is 0 Å². The smallest absolute Gasteiger partial charge is 0.351 e. The lowest BCUT2D eigenvalue weighted by atomic mass is 10.1. The fourth-order valence-electron chi connectivity index (χ4n) is 3.12. The van der Waals surface area contributed by atoms with Gasteiger partial charge >= 0.3 is 6.18 Å². The van der Waals surface area contributed by atoms with Gasteiger partial charge in [-0.15, -0.1) is 0 Å². The van der Waals surface area contributed by atoms with Gasteiger partial charge in [-0.25, -0.2) is 4.98 Å². The molecule has 1 fully saturated rings. The highest BCUT2D eigenvalue weighted by Crippen LogP contribution is 2.33. The van der Waals surface area contributed by atoms with Gasteiger partial charge in [0.25, 0.3) is 0 Å². The lowest BCUT2D eigenvalue weighted by Crippen LogP contribution is -2.19. The zero-order valence-corrected chi connectivity index (χ0v) is 15.3. The Labute approximate surface area is 155 Å². The monoisotopic (exact) mass is 384 g/mol. The molecule has 2 N–H and O–H groups in total. The van der Waals surface area contributed by atoms with Crippen molar-refractivity contribution < 1.29 is 13.2 Å². The van der Waals surface area contributed by atoms with Crippen LogP contribution in [0.1, 0.15) is 42.5 Å². The van der Waals surface area contributed by atoms with E-state index in [4.69, 9.17) is 11.6 Å². The van der Waals surface area contributed by atoms with Crippen molar-refractivity contribution in [1.29, 1.82) is 0 Å². The summed E-state index contributed by atoms with van der Waals surface area (Å²) in [6.45, 7) is 3.66. The number of halogens is 4. The Morgan fingerprint density at radius 2 is 1.81 bits per heavy atom. The molecule has 0 unspecified atom stereocenters. The average molecular weight is 385 g/mol. The molecule has 0 aliphatic heterocycles. The minimum atomic E-state index is -4.55. The van der Waals surface area contributed by atoms with Crippen LogP contribution in [0.3, 0.4) is 0 Å². The molecular formula is C18H20ClF3N4. The second kappa shape index (κ2) is 7.31. The van der Waals surface area contributed by atoms with Gasteiger partial charge in [0.2, 0.25) is 5.95 Å². The lowest BCUT2D eigenvalue weighted by Gasteiger charge is -2.17. The van der Waals surface area contributed by atoms with E-state index in [1.54, 1.807) is 19.1 Å². The second-order valence-electron chi connectivity index (χ2n) is 6.57. The fourth-order valence-corrected chi connectivity index (χ4v) is 3.27. The Bertz CT molecular complexity index is 802. The highest BCUT2D eigenvalue weighted by Gasteiger charge is 2.34. The number of nitrogens with zero attached hydrogens (tertiary/aromatic N) is 2. The quantitative estimate of drug-likeness (QED) is 0.692. The van der Waals surface area contributed by atoms with Crippen LogP contribution in [-0.4, -0.2) is 16.0 Å². The minimum Gasteiger partial charge on any atom is -0.351 e. The molecule has 0 saturated heterocycles. The van der Waals surface area contributed by atoms with E-state index >= 15 is 0 Å². The van der Waals surface area contributed by atoms with Crippen molar-refractivity contribution in [2.75, 3.05) is 10.6 Å². The molecule has 1 heterocycles. The van der Waals surface area contributed by atoms with Crippen LogP contribution < -0.4 is 10.6 Å². The van der Waals surface area contributed by atoms with E-state index < -0.39 is 11.9 Å². The molecule has 1 aliphatic rings. The molecule has 2 aromatic rings. The highest BCUT2D eigenvalue weighted by atomic mass is 35.5. The third kappa shape index (κ3) is 4.20. The first-order valence-corrected chi connectivity index (χ1v) is 8.87. The summed E-state index contributed by atoms with van der Waals surface area (Å²) in [5.41, 5.74) is 1.29. The SMILES string of the molecule is Cc1ccc(Cl)c(C)c1Nc1cc(C(F)(F)F)nc(NC2CCCC2)n1. The Morgan fingerprint density at radius 1 is 1.12 bits per heavy atom. The number of benzene rings is 1. The first-order chi connectivity index (χ1) is 12.2. The van der Waals surface area contributed by atoms with Gasteiger partial charge in [-0.05, 0) is 43.9 Å². The number of nitrogens with one attached hydrogen (secondary N) is 2. The first-order valence-electron chi connectivity index (χ1n) is 8.49. The fraction of sp³-hybridized carbons (Fsp3) is 0.444. The predicted octanol–water partition coefficient (Wildman–Crippen LogP) is 5.86. The van der Waals surface area contributed by atoms with Crippen LogP contribution in [0, 0.1) is 13.8 Å². The van der Waals surface area contributed by atoms with E-state index in [9.17, 15) is 13.2 Å². The van der Waals surface area contributed by atoms with Crippen molar-refractivity contribution in [3.05, 3.63) is 40.0 Å². The van der Waals surface area contributed by atoms with Crippen molar-refractivity contribution in [3.63, 3.8) is 0 Å². The van der Waals surface area contributed by atoms with E-state index in [0.717, 1.165) is 42.9 Å². The Hall–Kier alpha value is -2.02. The summed E-state index contributed by atoms with van der Waals surface area (Å²) in [6.07, 6.45) is -0.612. The molecule has 26 heavy (non-hydrogen) atoms. The number of rotatable bonds is 4. The molecule has 0 spiro atoms. The van der Waals surface area contributed by atoms with E-state index in [1.807, 2.05) is 6.92 Å². The average Bonchev–Trinajstić information content (AvgIpc) is 3.07. The van der Waals surface area contributed by atoms with Crippen LogP contribution >= 0.6 is 11.6 Å². The molecule has 3 rings (SSSR count). The van der Waals surface area contributed by atoms with Crippen LogP contribution in [-0.2, 0) is 6.18 Å². The second-order valence-corrected chi connectivity index (χ2v) is 6.98. The number of aromatic nitrogens is 2. The van der Waals surface area contributed by atoms with E-state index in [0.29, 0.717) is 10.7 Å². The molecule has 1 aromatic heterocycles. The third-order valence-electron chi connectivity index (χ3n) is 4.57. The summed E-state index contributed by atoms with van der Waals surface area (Å²) in [5.74, 6) is 0.0767. The van der Waals surface area contributed by atoms with Gasteiger partial charge < -0.3 is 10.6 Å². The normalized spacial score (nSPS) is 15.3. The van der Waals surface area contributed by atoms with Gasteiger partial charge in [0, 0.05) is 22.8 Å². The topological polar surface area (TPSA) is 49.8 Å². The molecule has 4 nitrogen and oxygen atoms in total. The maximum atomic E-state index is 13.3. The van der Waals surface area contributed by atoms with Crippen molar-refractivity contribution in [2.45, 2.75) is 51.7 Å².